The van der Waals surface area contributed by atoms with Gasteiger partial charge in [-0.25, -0.2) is 8.78 Å². The third kappa shape index (κ3) is 6.80. The summed E-state index contributed by atoms with van der Waals surface area (Å²) in [5.74, 6) is -2.81. The molecule has 212 valence electrons. The van der Waals surface area contributed by atoms with Crippen molar-refractivity contribution in [1.82, 2.24) is 20.5 Å². The third-order valence-electron chi connectivity index (χ3n) is 6.76. The number of benzene rings is 2. The lowest BCUT2D eigenvalue weighted by atomic mass is 10.1. The number of amides is 3. The number of nitrogens with zero attached hydrogens (tertiary/aromatic N) is 3. The monoisotopic (exact) mass is 581 g/mol. The molecular weight excluding hydrogens is 556 g/mol. The zero-order chi connectivity index (χ0) is 28.9. The van der Waals surface area contributed by atoms with E-state index in [0.29, 0.717) is 47.9 Å². The molecule has 41 heavy (non-hydrogen) atoms. The first kappa shape index (κ1) is 28.0. The van der Waals surface area contributed by atoms with Gasteiger partial charge in [-0.3, -0.25) is 19.4 Å². The lowest BCUT2D eigenvalue weighted by Gasteiger charge is -2.36. The molecule has 5 rings (SSSR count). The Morgan fingerprint density at radius 1 is 1.00 bits per heavy atom. The van der Waals surface area contributed by atoms with Crippen LogP contribution in [0.4, 0.5) is 14.5 Å². The summed E-state index contributed by atoms with van der Waals surface area (Å²) < 4.78 is 33.0. The van der Waals surface area contributed by atoms with E-state index in [9.17, 15) is 23.2 Å². The van der Waals surface area contributed by atoms with Crippen LogP contribution in [0.1, 0.15) is 16.2 Å². The summed E-state index contributed by atoms with van der Waals surface area (Å²) in [7, 11) is 0. The number of fused-ring (bicyclic) bond motifs is 1. The van der Waals surface area contributed by atoms with E-state index < -0.39 is 29.5 Å². The molecule has 3 heterocycles. The van der Waals surface area contributed by atoms with Gasteiger partial charge in [0, 0.05) is 61.0 Å². The average Bonchev–Trinajstić information content (AvgIpc) is 3.39. The predicted molar refractivity (Wildman–Crippen MR) is 149 cm³/mol. The van der Waals surface area contributed by atoms with Gasteiger partial charge in [0.05, 0.1) is 12.2 Å². The Morgan fingerprint density at radius 3 is 2.54 bits per heavy atom. The number of aromatic nitrogens is 1. The number of carbonyl (C=O) groups excluding carboxylic acids is 3. The lowest BCUT2D eigenvalue weighted by Crippen LogP contribution is -2.53. The van der Waals surface area contributed by atoms with Crippen LogP contribution in [-0.2, 0) is 16.0 Å². The first-order valence-corrected chi connectivity index (χ1v) is 13.3. The van der Waals surface area contributed by atoms with Gasteiger partial charge < -0.3 is 24.9 Å². The Hall–Kier alpha value is -4.51. The Kier molecular flexibility index (Phi) is 8.44. The summed E-state index contributed by atoms with van der Waals surface area (Å²) in [5, 5.41) is 6.43. The molecule has 0 aliphatic carbocycles. The van der Waals surface area contributed by atoms with Gasteiger partial charge in [-0.2, -0.15) is 0 Å². The molecule has 0 unspecified atom stereocenters. The van der Waals surface area contributed by atoms with Crippen molar-refractivity contribution in [3.8, 4) is 0 Å². The fraction of sp³-hybridized carbons (Fsp3) is 0.241. The van der Waals surface area contributed by atoms with Gasteiger partial charge in [0.1, 0.15) is 23.3 Å². The van der Waals surface area contributed by atoms with Crippen LogP contribution >= 0.6 is 11.6 Å². The third-order valence-corrected chi connectivity index (χ3v) is 7.00. The number of nitrogens with one attached hydrogen (secondary N) is 2. The van der Waals surface area contributed by atoms with Gasteiger partial charge in [0.2, 0.25) is 11.8 Å². The molecule has 1 fully saturated rings. The molecule has 0 spiro atoms. The van der Waals surface area contributed by atoms with Gasteiger partial charge in [0.15, 0.2) is 5.76 Å². The van der Waals surface area contributed by atoms with Crippen molar-refractivity contribution in [2.24, 2.45) is 0 Å². The molecule has 1 atom stereocenters. The summed E-state index contributed by atoms with van der Waals surface area (Å²) in [5.41, 5.74) is 1.31. The van der Waals surface area contributed by atoms with E-state index in [1.165, 1.54) is 18.2 Å². The summed E-state index contributed by atoms with van der Waals surface area (Å²) >= 11 is 6.02. The molecule has 9 nitrogen and oxygen atoms in total. The van der Waals surface area contributed by atoms with Gasteiger partial charge >= 0.3 is 0 Å². The van der Waals surface area contributed by atoms with Gasteiger partial charge in [-0.15, -0.1) is 0 Å². The van der Waals surface area contributed by atoms with Gasteiger partial charge in [-0.05, 0) is 48.5 Å². The van der Waals surface area contributed by atoms with E-state index >= 15 is 0 Å². The zero-order valence-corrected chi connectivity index (χ0v) is 22.5. The van der Waals surface area contributed by atoms with Crippen LogP contribution in [0.15, 0.2) is 71.3 Å². The minimum atomic E-state index is -1.04. The maximum atomic E-state index is 14.1. The fourth-order valence-corrected chi connectivity index (χ4v) is 4.81. The molecule has 1 saturated heterocycles. The number of rotatable bonds is 8. The zero-order valence-electron chi connectivity index (χ0n) is 21.8. The van der Waals surface area contributed by atoms with Crippen molar-refractivity contribution >= 4 is 46.0 Å². The van der Waals surface area contributed by atoms with Crippen LogP contribution < -0.4 is 15.5 Å². The molecule has 12 heteroatoms. The van der Waals surface area contributed by atoms with Crippen molar-refractivity contribution in [3.05, 3.63) is 95.0 Å². The number of carbonyl (C=O) groups is 3. The molecule has 4 aromatic rings. The standard InChI is InChI=1S/C29H26ClF2N5O4/c30-19-4-7-25-18(13-19)14-26(41-25)29(40)35-23(16-21-3-1-2-8-33-21)28(39)34-17-27(38)37-11-9-36(10-12-37)24-6-5-20(31)15-22(24)32/h1-8,13-15,23H,9-12,16-17H2,(H,34,39)(H,35,40)/t23-/m0/s1. The van der Waals surface area contributed by atoms with Crippen molar-refractivity contribution in [3.63, 3.8) is 0 Å². The quantitative estimate of drug-likeness (QED) is 0.329. The highest BCUT2D eigenvalue weighted by molar-refractivity contribution is 6.31. The van der Waals surface area contributed by atoms with E-state index in [1.807, 2.05) is 0 Å². The first-order chi connectivity index (χ1) is 19.8. The Labute approximate surface area is 239 Å². The summed E-state index contributed by atoms with van der Waals surface area (Å²) in [6, 6.07) is 14.1. The van der Waals surface area contributed by atoms with E-state index in [-0.39, 0.29) is 30.3 Å². The first-order valence-electron chi connectivity index (χ1n) is 12.9. The van der Waals surface area contributed by atoms with E-state index in [4.69, 9.17) is 16.0 Å². The predicted octanol–water partition coefficient (Wildman–Crippen LogP) is 3.57. The van der Waals surface area contributed by atoms with E-state index in [1.54, 1.807) is 52.4 Å². The number of anilines is 1. The molecule has 2 aromatic heterocycles. The molecular formula is C29H26ClF2N5O4. The van der Waals surface area contributed by atoms with Crippen LogP contribution in [0.2, 0.25) is 5.02 Å². The second-order valence-corrected chi connectivity index (χ2v) is 9.96. The molecule has 3 amide bonds. The SMILES string of the molecule is O=C(N[C@@H](Cc1ccccn1)C(=O)NCC(=O)N1CCN(c2ccc(F)cc2F)CC1)c1cc2cc(Cl)ccc2o1. The van der Waals surface area contributed by atoms with Gasteiger partial charge in [0.25, 0.3) is 5.91 Å². The molecule has 0 saturated carbocycles. The lowest BCUT2D eigenvalue weighted by molar-refractivity contribution is -0.133. The largest absolute Gasteiger partial charge is 0.451 e. The van der Waals surface area contributed by atoms with Crippen LogP contribution in [-0.4, -0.2) is 66.4 Å². The van der Waals surface area contributed by atoms with Crippen LogP contribution in [0.5, 0.6) is 0 Å². The van der Waals surface area contributed by atoms with Crippen LogP contribution in [0, 0.1) is 11.6 Å². The number of hydrogen-bond acceptors (Lipinski definition) is 6. The van der Waals surface area contributed by atoms with Gasteiger partial charge in [-0.1, -0.05) is 17.7 Å². The topological polar surface area (TPSA) is 108 Å². The highest BCUT2D eigenvalue weighted by Crippen LogP contribution is 2.24. The molecule has 1 aliphatic rings. The minimum absolute atomic E-state index is 0.00706. The maximum absolute atomic E-state index is 14.1. The Balaban J connectivity index is 1.20. The molecule has 2 aromatic carbocycles. The second-order valence-electron chi connectivity index (χ2n) is 9.53. The van der Waals surface area contributed by atoms with E-state index in [2.05, 4.69) is 15.6 Å². The fourth-order valence-electron chi connectivity index (χ4n) is 4.62. The van der Waals surface area contributed by atoms with Crippen LogP contribution in [0.25, 0.3) is 11.0 Å². The highest BCUT2D eigenvalue weighted by atomic mass is 35.5. The van der Waals surface area contributed by atoms with Crippen molar-refractivity contribution in [1.29, 1.82) is 0 Å². The molecule has 1 aliphatic heterocycles. The van der Waals surface area contributed by atoms with Crippen molar-refractivity contribution < 1.29 is 27.6 Å². The van der Waals surface area contributed by atoms with Crippen LogP contribution in [0.3, 0.4) is 0 Å². The van der Waals surface area contributed by atoms with Crippen molar-refractivity contribution in [2.75, 3.05) is 37.6 Å². The minimum Gasteiger partial charge on any atom is -0.451 e. The Bertz CT molecular complexity index is 1570. The van der Waals surface area contributed by atoms with Crippen molar-refractivity contribution in [2.45, 2.75) is 12.5 Å². The summed E-state index contributed by atoms with van der Waals surface area (Å²) in [6.07, 6.45) is 1.66. The highest BCUT2D eigenvalue weighted by Gasteiger charge is 2.27. The Morgan fingerprint density at radius 2 is 1.80 bits per heavy atom. The number of piperazine rings is 1. The number of pyridine rings is 1. The summed E-state index contributed by atoms with van der Waals surface area (Å²) in [6.45, 7) is 1.01. The average molecular weight is 582 g/mol. The smallest absolute Gasteiger partial charge is 0.287 e. The number of hydrogen-bond donors (Lipinski definition) is 2. The second kappa shape index (κ2) is 12.3. The number of furan rings is 1. The maximum Gasteiger partial charge on any atom is 0.287 e. The molecule has 0 radical (unpaired) electrons. The molecule has 0 bridgehead atoms. The van der Waals surface area contributed by atoms with E-state index in [0.717, 1.165) is 6.07 Å². The number of halogens is 3. The summed E-state index contributed by atoms with van der Waals surface area (Å²) in [4.78, 5) is 46.6. The molecule has 2 N–H and O–H groups in total. The normalized spacial score (nSPS) is 14.1.